The van der Waals surface area contributed by atoms with Crippen LogP contribution < -0.4 is 5.32 Å². The summed E-state index contributed by atoms with van der Waals surface area (Å²) in [6, 6.07) is 0.282. The van der Waals surface area contributed by atoms with E-state index in [2.05, 4.69) is 17.4 Å². The fraction of sp³-hybridized carbons (Fsp3) is 0.867. The third kappa shape index (κ3) is 3.16. The van der Waals surface area contributed by atoms with Gasteiger partial charge in [-0.05, 0) is 38.1 Å². The molecule has 0 amide bonds. The number of hydrogen-bond donors (Lipinski definition) is 1. The van der Waals surface area contributed by atoms with Crippen LogP contribution in [0.5, 0.6) is 0 Å². The second-order valence-electron chi connectivity index (χ2n) is 6.32. The van der Waals surface area contributed by atoms with Gasteiger partial charge in [-0.3, -0.25) is 0 Å². The fourth-order valence-corrected chi connectivity index (χ4v) is 3.46. The first-order chi connectivity index (χ1) is 9.33. The summed E-state index contributed by atoms with van der Waals surface area (Å²) in [5.74, 6) is 3.09. The molecule has 1 aliphatic carbocycles. The SMILES string of the molecule is CC1CCCC(c2noc(C3CCCCCN3)n2)C1. The minimum absolute atomic E-state index is 0.282. The molecule has 0 radical (unpaired) electrons. The zero-order valence-electron chi connectivity index (χ0n) is 11.9. The van der Waals surface area contributed by atoms with Gasteiger partial charge in [-0.2, -0.15) is 4.98 Å². The first-order valence-corrected chi connectivity index (χ1v) is 7.90. The molecule has 1 aromatic rings. The van der Waals surface area contributed by atoms with Crippen molar-refractivity contribution >= 4 is 0 Å². The molecule has 3 unspecified atom stereocenters. The smallest absolute Gasteiger partial charge is 0.243 e. The molecule has 1 saturated carbocycles. The molecule has 0 aromatic carbocycles. The van der Waals surface area contributed by atoms with E-state index in [1.54, 1.807) is 0 Å². The molecular weight excluding hydrogens is 238 g/mol. The van der Waals surface area contributed by atoms with Crippen molar-refractivity contribution in [2.45, 2.75) is 70.3 Å². The van der Waals surface area contributed by atoms with Crippen molar-refractivity contribution in [3.05, 3.63) is 11.7 Å². The lowest BCUT2D eigenvalue weighted by atomic mass is 9.82. The van der Waals surface area contributed by atoms with E-state index < -0.39 is 0 Å². The highest BCUT2D eigenvalue weighted by Gasteiger charge is 2.26. The van der Waals surface area contributed by atoms with E-state index in [-0.39, 0.29) is 6.04 Å². The Balaban J connectivity index is 1.68. The maximum absolute atomic E-state index is 5.52. The highest BCUT2D eigenvalue weighted by molar-refractivity contribution is 5.00. The maximum Gasteiger partial charge on any atom is 0.243 e. The lowest BCUT2D eigenvalue weighted by Crippen LogP contribution is -2.20. The van der Waals surface area contributed by atoms with Gasteiger partial charge in [0.25, 0.3) is 0 Å². The van der Waals surface area contributed by atoms with Crippen LogP contribution in [0.2, 0.25) is 0 Å². The molecule has 3 atom stereocenters. The Morgan fingerprint density at radius 2 is 2.05 bits per heavy atom. The van der Waals surface area contributed by atoms with Crippen LogP contribution in [-0.4, -0.2) is 16.7 Å². The van der Waals surface area contributed by atoms with Gasteiger partial charge in [-0.25, -0.2) is 0 Å². The van der Waals surface area contributed by atoms with E-state index in [0.717, 1.165) is 30.6 Å². The summed E-state index contributed by atoms with van der Waals surface area (Å²) >= 11 is 0. The van der Waals surface area contributed by atoms with Crippen LogP contribution in [0.25, 0.3) is 0 Å². The van der Waals surface area contributed by atoms with E-state index in [0.29, 0.717) is 5.92 Å². The van der Waals surface area contributed by atoms with Gasteiger partial charge in [0.1, 0.15) is 0 Å². The van der Waals surface area contributed by atoms with Gasteiger partial charge in [0.2, 0.25) is 5.89 Å². The number of rotatable bonds is 2. The molecule has 1 saturated heterocycles. The molecule has 1 aliphatic heterocycles. The van der Waals surface area contributed by atoms with E-state index >= 15 is 0 Å². The van der Waals surface area contributed by atoms with E-state index in [9.17, 15) is 0 Å². The van der Waals surface area contributed by atoms with Gasteiger partial charge in [0.15, 0.2) is 5.82 Å². The number of nitrogens with zero attached hydrogens (tertiary/aromatic N) is 2. The van der Waals surface area contributed by atoms with Crippen LogP contribution in [0.1, 0.15) is 82.0 Å². The van der Waals surface area contributed by atoms with Crippen LogP contribution in [0.15, 0.2) is 4.52 Å². The molecule has 2 heterocycles. The van der Waals surface area contributed by atoms with Gasteiger partial charge in [-0.15, -0.1) is 0 Å². The first kappa shape index (κ1) is 13.1. The standard InChI is InChI=1S/C15H25N3O/c1-11-6-5-7-12(10-11)14-17-15(19-18-14)13-8-3-2-4-9-16-13/h11-13,16H,2-10H2,1H3. The molecule has 1 N–H and O–H groups in total. The minimum Gasteiger partial charge on any atom is -0.338 e. The summed E-state index contributed by atoms with van der Waals surface area (Å²) in [7, 11) is 0. The molecular formula is C15H25N3O. The number of hydrogen-bond acceptors (Lipinski definition) is 4. The summed E-state index contributed by atoms with van der Waals surface area (Å²) in [6.45, 7) is 3.41. The Kier molecular flexibility index (Phi) is 4.16. The van der Waals surface area contributed by atoms with Gasteiger partial charge in [0.05, 0.1) is 6.04 Å². The summed E-state index contributed by atoms with van der Waals surface area (Å²) in [6.07, 6.45) is 10.1. The Morgan fingerprint density at radius 1 is 1.11 bits per heavy atom. The predicted octanol–water partition coefficient (Wildman–Crippen LogP) is 3.57. The Morgan fingerprint density at radius 3 is 2.95 bits per heavy atom. The highest BCUT2D eigenvalue weighted by Crippen LogP contribution is 2.35. The van der Waals surface area contributed by atoms with Gasteiger partial charge in [0, 0.05) is 5.92 Å². The Bertz CT molecular complexity index is 379. The van der Waals surface area contributed by atoms with Crippen LogP contribution in [0, 0.1) is 5.92 Å². The first-order valence-electron chi connectivity index (χ1n) is 7.90. The summed E-state index contributed by atoms with van der Waals surface area (Å²) < 4.78 is 5.52. The second kappa shape index (κ2) is 6.04. The van der Waals surface area contributed by atoms with Crippen molar-refractivity contribution in [2.24, 2.45) is 5.92 Å². The van der Waals surface area contributed by atoms with Crippen LogP contribution in [0.3, 0.4) is 0 Å². The zero-order valence-corrected chi connectivity index (χ0v) is 11.9. The van der Waals surface area contributed by atoms with Crippen molar-refractivity contribution in [1.82, 2.24) is 15.5 Å². The molecule has 2 fully saturated rings. The van der Waals surface area contributed by atoms with Gasteiger partial charge >= 0.3 is 0 Å². The fourth-order valence-electron chi connectivity index (χ4n) is 3.46. The van der Waals surface area contributed by atoms with Crippen molar-refractivity contribution in [3.8, 4) is 0 Å². The average Bonchev–Trinajstić information content (AvgIpc) is 2.75. The molecule has 4 nitrogen and oxygen atoms in total. The van der Waals surface area contributed by atoms with Crippen LogP contribution in [-0.2, 0) is 0 Å². The number of aromatic nitrogens is 2. The quantitative estimate of drug-likeness (QED) is 0.886. The van der Waals surface area contributed by atoms with Gasteiger partial charge in [-0.1, -0.05) is 37.8 Å². The monoisotopic (exact) mass is 263 g/mol. The summed E-state index contributed by atoms with van der Waals surface area (Å²) in [4.78, 5) is 4.69. The Labute approximate surface area is 115 Å². The lowest BCUT2D eigenvalue weighted by Gasteiger charge is -2.23. The van der Waals surface area contributed by atoms with Crippen molar-refractivity contribution in [3.63, 3.8) is 0 Å². The normalized spacial score (nSPS) is 33.0. The van der Waals surface area contributed by atoms with Crippen LogP contribution >= 0.6 is 0 Å². The van der Waals surface area contributed by atoms with Crippen molar-refractivity contribution in [1.29, 1.82) is 0 Å². The average molecular weight is 263 g/mol. The van der Waals surface area contributed by atoms with Gasteiger partial charge < -0.3 is 9.84 Å². The number of nitrogens with one attached hydrogen (secondary N) is 1. The third-order valence-electron chi connectivity index (χ3n) is 4.62. The Hall–Kier alpha value is -0.900. The van der Waals surface area contributed by atoms with E-state index in [1.807, 2.05) is 0 Å². The summed E-state index contributed by atoms with van der Waals surface area (Å²) in [5, 5.41) is 7.78. The molecule has 4 heteroatoms. The zero-order chi connectivity index (χ0) is 13.1. The molecule has 1 aromatic heterocycles. The minimum atomic E-state index is 0.282. The molecule has 0 spiro atoms. The highest BCUT2D eigenvalue weighted by atomic mass is 16.5. The lowest BCUT2D eigenvalue weighted by molar-refractivity contribution is 0.307. The predicted molar refractivity (Wildman–Crippen MR) is 73.9 cm³/mol. The second-order valence-corrected chi connectivity index (χ2v) is 6.32. The largest absolute Gasteiger partial charge is 0.338 e. The molecule has 19 heavy (non-hydrogen) atoms. The van der Waals surface area contributed by atoms with Crippen LogP contribution in [0.4, 0.5) is 0 Å². The molecule has 3 rings (SSSR count). The molecule has 2 aliphatic rings. The van der Waals surface area contributed by atoms with E-state index in [1.165, 1.54) is 44.9 Å². The van der Waals surface area contributed by atoms with Crippen molar-refractivity contribution in [2.75, 3.05) is 6.54 Å². The van der Waals surface area contributed by atoms with Crippen molar-refractivity contribution < 1.29 is 4.52 Å². The molecule has 0 bridgehead atoms. The topological polar surface area (TPSA) is 51.0 Å². The maximum atomic E-state index is 5.52. The summed E-state index contributed by atoms with van der Waals surface area (Å²) in [5.41, 5.74) is 0. The molecule has 106 valence electrons. The third-order valence-corrected chi connectivity index (χ3v) is 4.62. The van der Waals surface area contributed by atoms with E-state index in [4.69, 9.17) is 9.51 Å².